The molecule has 4 rings (SSSR count). The van der Waals surface area contributed by atoms with Gasteiger partial charge in [-0.3, -0.25) is 4.90 Å². The number of urea groups is 1. The number of carbonyl (C=O) groups excluding carboxylic acids is 1. The van der Waals surface area contributed by atoms with Crippen LogP contribution in [0.3, 0.4) is 0 Å². The zero-order valence-corrected chi connectivity index (χ0v) is 15.4. The van der Waals surface area contributed by atoms with Gasteiger partial charge in [0.15, 0.2) is 0 Å². The molecule has 6 nitrogen and oxygen atoms in total. The SMILES string of the molecule is O=C(Nc1ccc(CCN2CCOCC2)cc1)N1CCO[C@@H]2CCC[C@H]21. The summed E-state index contributed by atoms with van der Waals surface area (Å²) in [5.41, 5.74) is 2.17. The van der Waals surface area contributed by atoms with Crippen molar-refractivity contribution < 1.29 is 14.3 Å². The van der Waals surface area contributed by atoms with Crippen LogP contribution in [0.15, 0.2) is 24.3 Å². The number of morpholine rings is 2. The summed E-state index contributed by atoms with van der Waals surface area (Å²) in [6.45, 7) is 6.13. The fourth-order valence-electron chi connectivity index (χ4n) is 4.24. The van der Waals surface area contributed by atoms with Crippen LogP contribution in [0.5, 0.6) is 0 Å². The number of anilines is 1. The predicted octanol–water partition coefficient (Wildman–Crippen LogP) is 2.35. The molecule has 6 heteroatoms. The summed E-state index contributed by atoms with van der Waals surface area (Å²) in [6.07, 6.45) is 4.54. The zero-order valence-electron chi connectivity index (χ0n) is 15.4. The van der Waals surface area contributed by atoms with Crippen LogP contribution in [0.2, 0.25) is 0 Å². The Kier molecular flexibility index (Phi) is 5.72. The van der Waals surface area contributed by atoms with Gasteiger partial charge in [-0.25, -0.2) is 4.79 Å². The number of carbonyl (C=O) groups is 1. The van der Waals surface area contributed by atoms with Gasteiger partial charge in [-0.2, -0.15) is 0 Å². The monoisotopic (exact) mass is 359 g/mol. The minimum atomic E-state index is 0.00580. The summed E-state index contributed by atoms with van der Waals surface area (Å²) in [5.74, 6) is 0. The van der Waals surface area contributed by atoms with E-state index in [9.17, 15) is 4.79 Å². The van der Waals surface area contributed by atoms with E-state index in [-0.39, 0.29) is 18.2 Å². The van der Waals surface area contributed by atoms with E-state index in [1.54, 1.807) is 0 Å². The Hall–Kier alpha value is -1.63. The van der Waals surface area contributed by atoms with Crippen LogP contribution in [-0.2, 0) is 15.9 Å². The molecule has 1 aromatic rings. The van der Waals surface area contributed by atoms with Crippen molar-refractivity contribution in [3.63, 3.8) is 0 Å². The fourth-order valence-corrected chi connectivity index (χ4v) is 4.24. The van der Waals surface area contributed by atoms with E-state index in [0.717, 1.165) is 64.2 Å². The number of amides is 2. The van der Waals surface area contributed by atoms with Gasteiger partial charge in [0.1, 0.15) is 0 Å². The Morgan fingerprint density at radius 3 is 2.69 bits per heavy atom. The van der Waals surface area contributed by atoms with Gasteiger partial charge in [-0.05, 0) is 43.4 Å². The second-order valence-electron chi connectivity index (χ2n) is 7.43. The van der Waals surface area contributed by atoms with Gasteiger partial charge in [-0.15, -0.1) is 0 Å². The number of fused-ring (bicyclic) bond motifs is 1. The quantitative estimate of drug-likeness (QED) is 0.897. The van der Waals surface area contributed by atoms with Crippen LogP contribution in [0, 0.1) is 0 Å². The lowest BCUT2D eigenvalue weighted by Gasteiger charge is -2.37. The molecule has 0 unspecified atom stereocenters. The Balaban J connectivity index is 1.28. The molecule has 2 saturated heterocycles. The van der Waals surface area contributed by atoms with Crippen molar-refractivity contribution in [2.75, 3.05) is 51.3 Å². The average Bonchev–Trinajstić information content (AvgIpc) is 3.17. The number of hydrogen-bond acceptors (Lipinski definition) is 4. The van der Waals surface area contributed by atoms with Gasteiger partial charge in [0, 0.05) is 31.9 Å². The highest BCUT2D eigenvalue weighted by Crippen LogP contribution is 2.30. The first-order valence-electron chi connectivity index (χ1n) is 9.88. The summed E-state index contributed by atoms with van der Waals surface area (Å²) in [4.78, 5) is 17.1. The van der Waals surface area contributed by atoms with Crippen molar-refractivity contribution in [3.8, 4) is 0 Å². The molecule has 1 aromatic carbocycles. The molecule has 0 radical (unpaired) electrons. The van der Waals surface area contributed by atoms with E-state index in [2.05, 4.69) is 22.3 Å². The lowest BCUT2D eigenvalue weighted by atomic mass is 10.1. The van der Waals surface area contributed by atoms with Crippen molar-refractivity contribution in [2.24, 2.45) is 0 Å². The summed E-state index contributed by atoms with van der Waals surface area (Å²) in [6, 6.07) is 8.52. The number of rotatable bonds is 4. The largest absolute Gasteiger partial charge is 0.379 e. The van der Waals surface area contributed by atoms with Crippen molar-refractivity contribution in [1.82, 2.24) is 9.80 Å². The maximum Gasteiger partial charge on any atom is 0.322 e. The summed E-state index contributed by atoms with van der Waals surface area (Å²) in [5, 5.41) is 3.06. The van der Waals surface area contributed by atoms with Gasteiger partial charge in [0.05, 0.1) is 32.0 Å². The second-order valence-corrected chi connectivity index (χ2v) is 7.43. The number of ether oxygens (including phenoxy) is 2. The molecule has 2 aliphatic heterocycles. The molecular weight excluding hydrogens is 330 g/mol. The average molecular weight is 359 g/mol. The van der Waals surface area contributed by atoms with Gasteiger partial charge >= 0.3 is 6.03 Å². The van der Waals surface area contributed by atoms with Gasteiger partial charge in [0.2, 0.25) is 0 Å². The molecule has 2 atom stereocenters. The van der Waals surface area contributed by atoms with Crippen LogP contribution >= 0.6 is 0 Å². The van der Waals surface area contributed by atoms with E-state index in [1.807, 2.05) is 17.0 Å². The van der Waals surface area contributed by atoms with Crippen LogP contribution in [0.4, 0.5) is 10.5 Å². The van der Waals surface area contributed by atoms with Gasteiger partial charge in [0.25, 0.3) is 0 Å². The fraction of sp³-hybridized carbons (Fsp3) is 0.650. The Labute approximate surface area is 155 Å². The molecular formula is C20H29N3O3. The number of hydrogen-bond donors (Lipinski definition) is 1. The van der Waals surface area contributed by atoms with E-state index >= 15 is 0 Å². The van der Waals surface area contributed by atoms with Crippen molar-refractivity contribution in [2.45, 2.75) is 37.8 Å². The molecule has 3 fully saturated rings. The molecule has 26 heavy (non-hydrogen) atoms. The highest BCUT2D eigenvalue weighted by molar-refractivity contribution is 5.89. The van der Waals surface area contributed by atoms with Crippen molar-refractivity contribution in [3.05, 3.63) is 29.8 Å². The van der Waals surface area contributed by atoms with Crippen LogP contribution in [-0.4, -0.2) is 74.0 Å². The summed E-state index contributed by atoms with van der Waals surface area (Å²) < 4.78 is 11.2. The van der Waals surface area contributed by atoms with Crippen LogP contribution < -0.4 is 5.32 Å². The summed E-state index contributed by atoms with van der Waals surface area (Å²) >= 11 is 0. The van der Waals surface area contributed by atoms with Gasteiger partial charge < -0.3 is 19.7 Å². The predicted molar refractivity (Wildman–Crippen MR) is 101 cm³/mol. The van der Waals surface area contributed by atoms with Crippen molar-refractivity contribution in [1.29, 1.82) is 0 Å². The third kappa shape index (κ3) is 4.19. The Morgan fingerprint density at radius 1 is 1.08 bits per heavy atom. The second kappa shape index (κ2) is 8.37. The molecule has 0 aromatic heterocycles. The van der Waals surface area contributed by atoms with Crippen LogP contribution in [0.25, 0.3) is 0 Å². The first-order valence-corrected chi connectivity index (χ1v) is 9.88. The number of benzene rings is 1. The zero-order chi connectivity index (χ0) is 17.8. The molecule has 3 aliphatic rings. The minimum absolute atomic E-state index is 0.00580. The smallest absolute Gasteiger partial charge is 0.322 e. The van der Waals surface area contributed by atoms with E-state index in [1.165, 1.54) is 5.56 Å². The lowest BCUT2D eigenvalue weighted by Crippen LogP contribution is -2.52. The molecule has 1 saturated carbocycles. The van der Waals surface area contributed by atoms with Crippen LogP contribution in [0.1, 0.15) is 24.8 Å². The Morgan fingerprint density at radius 2 is 1.88 bits per heavy atom. The lowest BCUT2D eigenvalue weighted by molar-refractivity contribution is -0.0362. The number of nitrogens with one attached hydrogen (secondary N) is 1. The van der Waals surface area contributed by atoms with E-state index in [0.29, 0.717) is 13.2 Å². The standard InChI is InChI=1S/C20H29N3O3/c24-20(23-12-15-26-19-3-1-2-18(19)23)21-17-6-4-16(5-7-17)8-9-22-10-13-25-14-11-22/h4-7,18-19H,1-3,8-15H2,(H,21,24)/t18-,19-/m1/s1. The highest BCUT2D eigenvalue weighted by atomic mass is 16.5. The molecule has 1 N–H and O–H groups in total. The highest BCUT2D eigenvalue weighted by Gasteiger charge is 2.38. The molecule has 1 aliphatic carbocycles. The normalized spacial score (nSPS) is 26.5. The first kappa shape index (κ1) is 17.8. The van der Waals surface area contributed by atoms with E-state index in [4.69, 9.17) is 9.47 Å². The molecule has 0 bridgehead atoms. The maximum absolute atomic E-state index is 12.7. The first-order chi connectivity index (χ1) is 12.8. The Bertz CT molecular complexity index is 601. The third-order valence-corrected chi connectivity index (χ3v) is 5.77. The topological polar surface area (TPSA) is 54.0 Å². The van der Waals surface area contributed by atoms with E-state index < -0.39 is 0 Å². The summed E-state index contributed by atoms with van der Waals surface area (Å²) in [7, 11) is 0. The maximum atomic E-state index is 12.7. The number of nitrogens with zero attached hydrogens (tertiary/aromatic N) is 2. The molecule has 142 valence electrons. The molecule has 0 spiro atoms. The van der Waals surface area contributed by atoms with Crippen molar-refractivity contribution >= 4 is 11.7 Å². The minimum Gasteiger partial charge on any atom is -0.379 e. The third-order valence-electron chi connectivity index (χ3n) is 5.77. The molecule has 2 heterocycles. The molecule has 2 amide bonds. The van der Waals surface area contributed by atoms with Gasteiger partial charge in [-0.1, -0.05) is 12.1 Å².